The van der Waals surface area contributed by atoms with Gasteiger partial charge >= 0.3 is 0 Å². The van der Waals surface area contributed by atoms with Crippen LogP contribution in [0.5, 0.6) is 0 Å². The van der Waals surface area contributed by atoms with Gasteiger partial charge in [-0.15, -0.1) is 0 Å². The number of nitrogens with one attached hydrogen (secondary N) is 1. The number of fused-ring (bicyclic) bond motifs is 1. The number of nitrogens with zero attached hydrogens (tertiary/aromatic N) is 2. The number of rotatable bonds is 6. The molecule has 2 heterocycles. The van der Waals surface area contributed by atoms with Crippen LogP contribution >= 0.6 is 11.8 Å². The van der Waals surface area contributed by atoms with E-state index in [2.05, 4.69) is 15.3 Å². The summed E-state index contributed by atoms with van der Waals surface area (Å²) in [6.07, 6.45) is 1.37. The summed E-state index contributed by atoms with van der Waals surface area (Å²) < 4.78 is 11.1. The van der Waals surface area contributed by atoms with E-state index in [-0.39, 0.29) is 11.6 Å². The lowest BCUT2D eigenvalue weighted by Gasteiger charge is -2.02. The topological polar surface area (TPSA) is 81.2 Å². The van der Waals surface area contributed by atoms with Gasteiger partial charge in [0, 0.05) is 6.54 Å². The molecule has 136 valence electrons. The first-order chi connectivity index (χ1) is 13.2. The molecule has 0 radical (unpaired) electrons. The van der Waals surface area contributed by atoms with Crippen molar-refractivity contribution in [3.8, 4) is 0 Å². The Morgan fingerprint density at radius 1 is 1.11 bits per heavy atom. The lowest BCUT2D eigenvalue weighted by atomic mass is 10.2. The highest BCUT2D eigenvalue weighted by atomic mass is 32.2. The molecule has 0 unspecified atom stereocenters. The average Bonchev–Trinajstić information content (AvgIpc) is 3.33. The summed E-state index contributed by atoms with van der Waals surface area (Å²) in [5.74, 6) is 0.609. The van der Waals surface area contributed by atoms with Gasteiger partial charge in [-0.25, -0.2) is 9.97 Å². The summed E-state index contributed by atoms with van der Waals surface area (Å²) >= 11 is 1.38. The molecule has 0 spiro atoms. The first-order valence-corrected chi connectivity index (χ1v) is 9.43. The summed E-state index contributed by atoms with van der Waals surface area (Å²) in [6, 6.07) is 15.5. The number of thioether (sulfide) groups is 1. The third kappa shape index (κ3) is 4.03. The Morgan fingerprint density at radius 3 is 2.78 bits per heavy atom. The second kappa shape index (κ2) is 7.67. The molecule has 2 aromatic heterocycles. The zero-order chi connectivity index (χ0) is 18.6. The van der Waals surface area contributed by atoms with Gasteiger partial charge in [0.25, 0.3) is 11.1 Å². The molecular weight excluding hydrogens is 362 g/mol. The number of benzene rings is 2. The molecule has 0 bridgehead atoms. The van der Waals surface area contributed by atoms with Crippen LogP contribution in [0.2, 0.25) is 0 Å². The van der Waals surface area contributed by atoms with E-state index in [1.165, 1.54) is 18.0 Å². The monoisotopic (exact) mass is 379 g/mol. The van der Waals surface area contributed by atoms with E-state index in [9.17, 15) is 4.79 Å². The first-order valence-electron chi connectivity index (χ1n) is 8.44. The third-order valence-electron chi connectivity index (χ3n) is 4.00. The molecule has 1 N–H and O–H groups in total. The zero-order valence-corrected chi connectivity index (χ0v) is 15.5. The molecule has 0 atom stereocenters. The molecule has 0 saturated carbocycles. The predicted octanol–water partition coefficient (Wildman–Crippen LogP) is 4.35. The standard InChI is InChI=1S/C20H17N3O3S/c1-13-6-5-9-16-18(13)23-20(26-16)27-12-17-22-15(11-25-17)19(24)21-10-14-7-3-2-4-8-14/h2-9,11H,10,12H2,1H3,(H,21,24). The number of oxazole rings is 2. The molecule has 2 aromatic carbocycles. The van der Waals surface area contributed by atoms with Crippen LogP contribution in [0.4, 0.5) is 0 Å². The van der Waals surface area contributed by atoms with Crippen molar-refractivity contribution in [1.29, 1.82) is 0 Å². The van der Waals surface area contributed by atoms with Crippen LogP contribution in [0.3, 0.4) is 0 Å². The fourth-order valence-electron chi connectivity index (χ4n) is 2.60. The van der Waals surface area contributed by atoms with Gasteiger partial charge in [-0.05, 0) is 24.1 Å². The van der Waals surface area contributed by atoms with Crippen LogP contribution in [0.1, 0.15) is 27.5 Å². The summed E-state index contributed by atoms with van der Waals surface area (Å²) in [6.45, 7) is 2.44. The highest BCUT2D eigenvalue weighted by Crippen LogP contribution is 2.27. The van der Waals surface area contributed by atoms with Crippen LogP contribution in [0.25, 0.3) is 11.1 Å². The highest BCUT2D eigenvalue weighted by Gasteiger charge is 2.14. The van der Waals surface area contributed by atoms with Crippen molar-refractivity contribution in [3.05, 3.63) is 77.5 Å². The lowest BCUT2D eigenvalue weighted by Crippen LogP contribution is -2.23. The van der Waals surface area contributed by atoms with Crippen LogP contribution in [0.15, 0.2) is 68.9 Å². The molecule has 0 aliphatic heterocycles. The van der Waals surface area contributed by atoms with Crippen molar-refractivity contribution in [3.63, 3.8) is 0 Å². The van der Waals surface area contributed by atoms with Crippen LogP contribution in [0, 0.1) is 6.92 Å². The number of hydrogen-bond donors (Lipinski definition) is 1. The van der Waals surface area contributed by atoms with Gasteiger partial charge in [0.15, 0.2) is 11.3 Å². The minimum Gasteiger partial charge on any atom is -0.447 e. The maximum Gasteiger partial charge on any atom is 0.273 e. The second-order valence-corrected chi connectivity index (χ2v) is 6.91. The van der Waals surface area contributed by atoms with Crippen molar-refractivity contribution in [2.75, 3.05) is 0 Å². The SMILES string of the molecule is Cc1cccc2oc(SCc3nc(C(=O)NCc4ccccc4)co3)nc12. The quantitative estimate of drug-likeness (QED) is 0.502. The number of hydrogen-bond acceptors (Lipinski definition) is 6. The van der Waals surface area contributed by atoms with Crippen molar-refractivity contribution < 1.29 is 13.6 Å². The number of aromatic nitrogens is 2. The summed E-state index contributed by atoms with van der Waals surface area (Å²) in [4.78, 5) is 20.9. The Hall–Kier alpha value is -3.06. The normalized spacial score (nSPS) is 11.0. The fourth-order valence-corrected chi connectivity index (χ4v) is 3.29. The molecule has 6 nitrogen and oxygen atoms in total. The lowest BCUT2D eigenvalue weighted by molar-refractivity contribution is 0.0946. The number of carbonyl (C=O) groups is 1. The van der Waals surface area contributed by atoms with Gasteiger partial charge in [-0.1, -0.05) is 54.2 Å². The van der Waals surface area contributed by atoms with Gasteiger partial charge in [-0.3, -0.25) is 4.79 Å². The maximum absolute atomic E-state index is 12.2. The molecule has 0 aliphatic carbocycles. The Morgan fingerprint density at radius 2 is 1.96 bits per heavy atom. The summed E-state index contributed by atoms with van der Waals surface area (Å²) in [7, 11) is 0. The Kier molecular flexibility index (Phi) is 4.93. The molecule has 27 heavy (non-hydrogen) atoms. The molecule has 4 aromatic rings. The maximum atomic E-state index is 12.2. The van der Waals surface area contributed by atoms with Gasteiger partial charge in [-0.2, -0.15) is 0 Å². The highest BCUT2D eigenvalue weighted by molar-refractivity contribution is 7.98. The molecule has 0 saturated heterocycles. The number of carbonyl (C=O) groups excluding carboxylic acids is 1. The molecule has 0 fully saturated rings. The molecule has 7 heteroatoms. The van der Waals surface area contributed by atoms with E-state index in [0.29, 0.717) is 23.4 Å². The first kappa shape index (κ1) is 17.4. The van der Waals surface area contributed by atoms with Gasteiger partial charge in [0.05, 0.1) is 5.75 Å². The third-order valence-corrected chi connectivity index (χ3v) is 4.81. The van der Waals surface area contributed by atoms with E-state index in [1.807, 2.05) is 55.5 Å². The minimum atomic E-state index is -0.267. The molecular formula is C20H17N3O3S. The minimum absolute atomic E-state index is 0.259. The summed E-state index contributed by atoms with van der Waals surface area (Å²) in [5.41, 5.74) is 3.96. The average molecular weight is 379 g/mol. The van der Waals surface area contributed by atoms with E-state index in [4.69, 9.17) is 8.83 Å². The van der Waals surface area contributed by atoms with Gasteiger partial charge in [0.1, 0.15) is 11.8 Å². The second-order valence-electron chi connectivity index (χ2n) is 5.98. The van der Waals surface area contributed by atoms with Crippen molar-refractivity contribution in [2.24, 2.45) is 0 Å². The van der Waals surface area contributed by atoms with E-state index < -0.39 is 0 Å². The number of amides is 1. The molecule has 1 amide bonds. The number of para-hydroxylation sites is 1. The molecule has 0 aliphatic rings. The van der Waals surface area contributed by atoms with Crippen molar-refractivity contribution in [1.82, 2.24) is 15.3 Å². The van der Waals surface area contributed by atoms with Gasteiger partial charge in [0.2, 0.25) is 5.89 Å². The van der Waals surface area contributed by atoms with Crippen LogP contribution < -0.4 is 5.32 Å². The Balaban J connectivity index is 1.36. The largest absolute Gasteiger partial charge is 0.447 e. The van der Waals surface area contributed by atoms with E-state index in [0.717, 1.165) is 22.2 Å². The number of aryl methyl sites for hydroxylation is 1. The van der Waals surface area contributed by atoms with Crippen LogP contribution in [-0.4, -0.2) is 15.9 Å². The van der Waals surface area contributed by atoms with Crippen molar-refractivity contribution >= 4 is 28.8 Å². The van der Waals surface area contributed by atoms with Gasteiger partial charge < -0.3 is 14.2 Å². The zero-order valence-electron chi connectivity index (χ0n) is 14.6. The van der Waals surface area contributed by atoms with E-state index in [1.54, 1.807) is 0 Å². The smallest absolute Gasteiger partial charge is 0.273 e. The van der Waals surface area contributed by atoms with Crippen LogP contribution in [-0.2, 0) is 12.3 Å². The van der Waals surface area contributed by atoms with Crippen molar-refractivity contribution in [2.45, 2.75) is 24.4 Å². The Bertz CT molecular complexity index is 1070. The fraction of sp³-hybridized carbons (Fsp3) is 0.150. The molecule has 4 rings (SSSR count). The Labute approximate surface area is 160 Å². The summed E-state index contributed by atoms with van der Waals surface area (Å²) in [5, 5.41) is 3.38. The predicted molar refractivity (Wildman–Crippen MR) is 102 cm³/mol. The van der Waals surface area contributed by atoms with E-state index >= 15 is 0 Å².